The van der Waals surface area contributed by atoms with E-state index >= 15 is 0 Å². The minimum absolute atomic E-state index is 1.13. The van der Waals surface area contributed by atoms with E-state index in [4.69, 9.17) is 0 Å². The van der Waals surface area contributed by atoms with Crippen molar-refractivity contribution in [1.29, 1.82) is 0 Å². The van der Waals surface area contributed by atoms with E-state index < -0.39 is 0 Å². The highest BCUT2D eigenvalue weighted by atomic mass is 15.1. The van der Waals surface area contributed by atoms with E-state index in [2.05, 4.69) is 183 Å². The Hall–Kier alpha value is -5.08. The van der Waals surface area contributed by atoms with Crippen LogP contribution < -0.4 is 9.80 Å². The third-order valence-corrected chi connectivity index (χ3v) is 7.73. The summed E-state index contributed by atoms with van der Waals surface area (Å²) in [5.74, 6) is 0. The predicted octanol–water partition coefficient (Wildman–Crippen LogP) is 11.5. The van der Waals surface area contributed by atoms with Crippen LogP contribution in [0.1, 0.15) is 22.3 Å². The van der Waals surface area contributed by atoms with E-state index in [9.17, 15) is 0 Å². The molecule has 0 saturated heterocycles. The summed E-state index contributed by atoms with van der Waals surface area (Å²) in [6.07, 6.45) is 0. The zero-order chi connectivity index (χ0) is 29.1. The molecule has 0 fully saturated rings. The van der Waals surface area contributed by atoms with Crippen LogP contribution in [0.2, 0.25) is 0 Å². The normalized spacial score (nSPS) is 10.9. The Labute approximate surface area is 250 Å². The second-order valence-corrected chi connectivity index (χ2v) is 11.1. The van der Waals surface area contributed by atoms with Crippen LogP contribution in [0, 0.1) is 27.7 Å². The molecule has 2 heteroatoms. The highest BCUT2D eigenvalue weighted by molar-refractivity contribution is 5.82. The fraction of sp³-hybridized carbons (Fsp3) is 0.100. The number of hydrogen-bond donors (Lipinski definition) is 0. The van der Waals surface area contributed by atoms with E-state index in [0.717, 1.165) is 34.1 Å². The number of hydrogen-bond acceptors (Lipinski definition) is 2. The van der Waals surface area contributed by atoms with Crippen molar-refractivity contribution in [2.45, 2.75) is 27.7 Å². The molecule has 0 aromatic heterocycles. The number of aryl methyl sites for hydroxylation is 4. The number of benzene rings is 6. The summed E-state index contributed by atoms with van der Waals surface area (Å²) in [6, 6.07) is 52.6. The minimum atomic E-state index is 1.13. The van der Waals surface area contributed by atoms with Gasteiger partial charge in [0.05, 0.1) is 0 Å². The van der Waals surface area contributed by atoms with Gasteiger partial charge in [-0.1, -0.05) is 95.1 Å². The first-order valence-corrected chi connectivity index (χ1v) is 14.5. The Morgan fingerprint density at radius 3 is 0.952 bits per heavy atom. The fourth-order valence-corrected chi connectivity index (χ4v) is 5.30. The molecule has 6 rings (SSSR count). The summed E-state index contributed by atoms with van der Waals surface area (Å²) in [4.78, 5) is 4.64. The molecular formula is C40H36N2. The molecule has 0 atom stereocenters. The first kappa shape index (κ1) is 27.1. The summed E-state index contributed by atoms with van der Waals surface area (Å²) in [6.45, 7) is 8.51. The van der Waals surface area contributed by atoms with Crippen LogP contribution in [0.4, 0.5) is 34.1 Å². The quantitative estimate of drug-likeness (QED) is 0.197. The SMILES string of the molecule is Cc1ccc(N(c2ccc(C)cc2)c2ccc(-c3cccc(N(c4ccc(C)cc4)c4ccc(C)cc4)c3)cc2)cc1. The number of anilines is 6. The van der Waals surface area contributed by atoms with Crippen molar-refractivity contribution < 1.29 is 0 Å². The molecular weight excluding hydrogens is 508 g/mol. The lowest BCUT2D eigenvalue weighted by Gasteiger charge is -2.27. The van der Waals surface area contributed by atoms with Crippen molar-refractivity contribution in [3.05, 3.63) is 168 Å². The van der Waals surface area contributed by atoms with E-state index in [-0.39, 0.29) is 0 Å². The fourth-order valence-electron chi connectivity index (χ4n) is 5.30. The Morgan fingerprint density at radius 2 is 0.595 bits per heavy atom. The van der Waals surface area contributed by atoms with E-state index in [1.165, 1.54) is 33.4 Å². The first-order valence-electron chi connectivity index (χ1n) is 14.5. The molecule has 0 aliphatic carbocycles. The molecule has 0 unspecified atom stereocenters. The molecule has 0 heterocycles. The summed E-state index contributed by atoms with van der Waals surface area (Å²) >= 11 is 0. The maximum atomic E-state index is 2.33. The second kappa shape index (κ2) is 11.8. The molecule has 0 saturated carbocycles. The Morgan fingerprint density at radius 1 is 0.286 bits per heavy atom. The second-order valence-electron chi connectivity index (χ2n) is 11.1. The van der Waals surface area contributed by atoms with Crippen LogP contribution in [0.3, 0.4) is 0 Å². The van der Waals surface area contributed by atoms with Crippen molar-refractivity contribution in [2.24, 2.45) is 0 Å². The zero-order valence-corrected chi connectivity index (χ0v) is 24.8. The molecule has 6 aromatic rings. The van der Waals surface area contributed by atoms with Gasteiger partial charge in [-0.15, -0.1) is 0 Å². The molecule has 0 radical (unpaired) electrons. The van der Waals surface area contributed by atoms with E-state index in [0.29, 0.717) is 0 Å². The topological polar surface area (TPSA) is 6.48 Å². The average molecular weight is 545 g/mol. The van der Waals surface area contributed by atoms with E-state index in [1.807, 2.05) is 0 Å². The molecule has 0 aliphatic heterocycles. The summed E-state index contributed by atoms with van der Waals surface area (Å²) in [7, 11) is 0. The van der Waals surface area contributed by atoms with Crippen molar-refractivity contribution >= 4 is 34.1 Å². The lowest BCUT2D eigenvalue weighted by Crippen LogP contribution is -2.10. The smallest absolute Gasteiger partial charge is 0.0467 e. The molecule has 0 N–H and O–H groups in total. The molecule has 0 aliphatic rings. The summed E-state index contributed by atoms with van der Waals surface area (Å²) < 4.78 is 0. The van der Waals surface area contributed by atoms with Gasteiger partial charge in [-0.05, 0) is 112 Å². The van der Waals surface area contributed by atoms with E-state index in [1.54, 1.807) is 0 Å². The first-order chi connectivity index (χ1) is 20.4. The van der Waals surface area contributed by atoms with Gasteiger partial charge >= 0.3 is 0 Å². The van der Waals surface area contributed by atoms with Gasteiger partial charge in [0.2, 0.25) is 0 Å². The monoisotopic (exact) mass is 544 g/mol. The highest BCUT2D eigenvalue weighted by Crippen LogP contribution is 2.38. The Bertz CT molecular complexity index is 1670. The van der Waals surface area contributed by atoms with Crippen molar-refractivity contribution in [1.82, 2.24) is 0 Å². The molecule has 6 aromatic carbocycles. The lowest BCUT2D eigenvalue weighted by atomic mass is 10.0. The van der Waals surface area contributed by atoms with Crippen LogP contribution in [0.15, 0.2) is 146 Å². The molecule has 206 valence electrons. The lowest BCUT2D eigenvalue weighted by molar-refractivity contribution is 1.26. The Kier molecular flexibility index (Phi) is 7.62. The van der Waals surface area contributed by atoms with Gasteiger partial charge in [-0.3, -0.25) is 0 Å². The summed E-state index contributed by atoms with van der Waals surface area (Å²) in [5.41, 5.74) is 14.2. The van der Waals surface area contributed by atoms with Gasteiger partial charge in [0.25, 0.3) is 0 Å². The van der Waals surface area contributed by atoms with Crippen molar-refractivity contribution in [3.8, 4) is 11.1 Å². The molecule has 0 amide bonds. The van der Waals surface area contributed by atoms with Gasteiger partial charge < -0.3 is 9.80 Å². The Balaban J connectivity index is 1.37. The van der Waals surface area contributed by atoms with Crippen molar-refractivity contribution in [3.63, 3.8) is 0 Å². The van der Waals surface area contributed by atoms with Crippen molar-refractivity contribution in [2.75, 3.05) is 9.80 Å². The maximum absolute atomic E-state index is 2.33. The standard InChI is InChI=1S/C40H36N2/c1-29-8-18-35(19-9-29)41(36-20-10-30(2)11-21-36)39-26-16-33(17-27-39)34-6-5-7-40(28-34)42(37-22-12-31(3)13-23-37)38-24-14-32(4)15-25-38/h5-28H,1-4H3. The third kappa shape index (κ3) is 5.84. The number of rotatable bonds is 7. The number of nitrogens with zero attached hydrogens (tertiary/aromatic N) is 2. The van der Waals surface area contributed by atoms with Gasteiger partial charge in [-0.2, -0.15) is 0 Å². The van der Waals surface area contributed by atoms with Gasteiger partial charge in [-0.25, -0.2) is 0 Å². The molecule has 42 heavy (non-hydrogen) atoms. The molecule has 0 bridgehead atoms. The molecule has 0 spiro atoms. The van der Waals surface area contributed by atoms with Crippen LogP contribution in [0.5, 0.6) is 0 Å². The summed E-state index contributed by atoms with van der Waals surface area (Å²) in [5, 5.41) is 0. The largest absolute Gasteiger partial charge is 0.311 e. The average Bonchev–Trinajstić information content (AvgIpc) is 3.02. The molecule has 2 nitrogen and oxygen atoms in total. The van der Waals surface area contributed by atoms with Gasteiger partial charge in [0.15, 0.2) is 0 Å². The van der Waals surface area contributed by atoms with Crippen LogP contribution in [-0.2, 0) is 0 Å². The van der Waals surface area contributed by atoms with Gasteiger partial charge in [0.1, 0.15) is 0 Å². The van der Waals surface area contributed by atoms with Crippen LogP contribution >= 0.6 is 0 Å². The predicted molar refractivity (Wildman–Crippen MR) is 180 cm³/mol. The zero-order valence-electron chi connectivity index (χ0n) is 24.8. The highest BCUT2D eigenvalue weighted by Gasteiger charge is 2.15. The van der Waals surface area contributed by atoms with Crippen LogP contribution in [0.25, 0.3) is 11.1 Å². The minimum Gasteiger partial charge on any atom is -0.311 e. The van der Waals surface area contributed by atoms with Crippen LogP contribution in [-0.4, -0.2) is 0 Å². The van der Waals surface area contributed by atoms with Gasteiger partial charge in [0, 0.05) is 34.1 Å². The third-order valence-electron chi connectivity index (χ3n) is 7.73. The maximum Gasteiger partial charge on any atom is 0.0467 e.